The van der Waals surface area contributed by atoms with Crippen LogP contribution in [0, 0.1) is 5.82 Å². The molecule has 1 aromatic rings. The Morgan fingerprint density at radius 2 is 2.24 bits per heavy atom. The molecule has 4 heteroatoms. The molecule has 0 aromatic heterocycles. The van der Waals surface area contributed by atoms with E-state index in [9.17, 15) is 4.39 Å². The van der Waals surface area contributed by atoms with E-state index in [4.69, 9.17) is 0 Å². The van der Waals surface area contributed by atoms with Crippen LogP contribution in [-0.2, 0) is 6.42 Å². The maximum Gasteiger partial charge on any atom is 0.124 e. The second kappa shape index (κ2) is 8.11. The zero-order valence-electron chi connectivity index (χ0n) is 10.3. The van der Waals surface area contributed by atoms with Crippen LogP contribution in [-0.4, -0.2) is 24.6 Å². The Bertz CT molecular complexity index is 346. The Hall–Kier alpha value is -0.0600. The number of hydrogen-bond acceptors (Lipinski definition) is 2. The van der Waals surface area contributed by atoms with Gasteiger partial charge in [0.25, 0.3) is 0 Å². The van der Waals surface area contributed by atoms with Crippen LogP contribution in [0.4, 0.5) is 4.39 Å². The lowest BCUT2D eigenvalue weighted by atomic mass is 10.1. The van der Waals surface area contributed by atoms with E-state index in [1.165, 1.54) is 24.3 Å². The highest BCUT2D eigenvalue weighted by molar-refractivity contribution is 9.10. The maximum absolute atomic E-state index is 13.0. The van der Waals surface area contributed by atoms with Crippen LogP contribution >= 0.6 is 27.7 Å². The summed E-state index contributed by atoms with van der Waals surface area (Å²) in [4.78, 5) is 0. The molecule has 0 aliphatic rings. The zero-order chi connectivity index (χ0) is 12.7. The molecule has 0 aliphatic heterocycles. The van der Waals surface area contributed by atoms with Gasteiger partial charge in [0.1, 0.15) is 5.82 Å². The van der Waals surface area contributed by atoms with Gasteiger partial charge in [-0.3, -0.25) is 0 Å². The largest absolute Gasteiger partial charge is 0.316 e. The van der Waals surface area contributed by atoms with Crippen molar-refractivity contribution in [2.45, 2.75) is 25.8 Å². The van der Waals surface area contributed by atoms with Crippen molar-refractivity contribution in [3.05, 3.63) is 34.1 Å². The third-order valence-corrected chi connectivity index (χ3v) is 4.63. The summed E-state index contributed by atoms with van der Waals surface area (Å²) >= 11 is 5.37. The van der Waals surface area contributed by atoms with E-state index in [-0.39, 0.29) is 5.82 Å². The van der Waals surface area contributed by atoms with Crippen molar-refractivity contribution in [3.8, 4) is 0 Å². The molecule has 1 nitrogen and oxygen atoms in total. The standard InChI is InChI=1S/C13H19BrFNS/c1-3-6-17-9-12(16-2)7-10-4-5-11(15)8-13(10)14/h4-5,8,12,16H,3,6-7,9H2,1-2H3. The quantitative estimate of drug-likeness (QED) is 0.766. The third kappa shape index (κ3) is 5.40. The molecule has 0 aliphatic carbocycles. The van der Waals surface area contributed by atoms with Crippen molar-refractivity contribution in [2.75, 3.05) is 18.6 Å². The van der Waals surface area contributed by atoms with Crippen molar-refractivity contribution in [1.29, 1.82) is 0 Å². The summed E-state index contributed by atoms with van der Waals surface area (Å²) in [6.45, 7) is 2.19. The highest BCUT2D eigenvalue weighted by Gasteiger charge is 2.10. The molecule has 1 rings (SSSR count). The van der Waals surface area contributed by atoms with E-state index in [0.29, 0.717) is 6.04 Å². The summed E-state index contributed by atoms with van der Waals surface area (Å²) in [5.74, 6) is 2.10. The SMILES string of the molecule is CCCSCC(Cc1ccc(F)cc1Br)NC. The molecule has 0 heterocycles. The van der Waals surface area contributed by atoms with Crippen LogP contribution in [0.2, 0.25) is 0 Å². The fraction of sp³-hybridized carbons (Fsp3) is 0.538. The van der Waals surface area contributed by atoms with Crippen molar-refractivity contribution in [1.82, 2.24) is 5.32 Å². The molecule has 0 saturated heterocycles. The molecule has 0 bridgehead atoms. The van der Waals surface area contributed by atoms with Gasteiger partial charge in [-0.2, -0.15) is 11.8 Å². The van der Waals surface area contributed by atoms with Crippen molar-refractivity contribution in [2.24, 2.45) is 0 Å². The predicted molar refractivity (Wildman–Crippen MR) is 78.3 cm³/mol. The fourth-order valence-electron chi connectivity index (χ4n) is 1.57. The molecule has 0 radical (unpaired) electrons. The van der Waals surface area contributed by atoms with Crippen LogP contribution in [0.3, 0.4) is 0 Å². The maximum atomic E-state index is 13.0. The number of halogens is 2. The van der Waals surface area contributed by atoms with E-state index in [2.05, 4.69) is 28.2 Å². The molecular formula is C13H19BrFNS. The molecule has 1 N–H and O–H groups in total. The third-order valence-electron chi connectivity index (χ3n) is 2.56. The lowest BCUT2D eigenvalue weighted by Gasteiger charge is -2.16. The van der Waals surface area contributed by atoms with E-state index >= 15 is 0 Å². The molecule has 0 fully saturated rings. The summed E-state index contributed by atoms with van der Waals surface area (Å²) in [6.07, 6.45) is 2.13. The summed E-state index contributed by atoms with van der Waals surface area (Å²) in [5.41, 5.74) is 1.16. The van der Waals surface area contributed by atoms with Crippen LogP contribution in [0.5, 0.6) is 0 Å². The molecule has 1 unspecified atom stereocenters. The Balaban J connectivity index is 2.54. The van der Waals surface area contributed by atoms with E-state index in [1.54, 1.807) is 0 Å². The van der Waals surface area contributed by atoms with E-state index in [1.807, 2.05) is 24.9 Å². The van der Waals surface area contributed by atoms with Gasteiger partial charge in [0, 0.05) is 16.3 Å². The normalized spacial score (nSPS) is 12.7. The van der Waals surface area contributed by atoms with Crippen molar-refractivity contribution >= 4 is 27.7 Å². The van der Waals surface area contributed by atoms with E-state index in [0.717, 1.165) is 22.2 Å². The van der Waals surface area contributed by atoms with Crippen LogP contribution in [0.15, 0.2) is 22.7 Å². The van der Waals surface area contributed by atoms with Crippen molar-refractivity contribution in [3.63, 3.8) is 0 Å². The fourth-order valence-corrected chi connectivity index (χ4v) is 3.10. The number of thioether (sulfide) groups is 1. The molecule has 0 spiro atoms. The van der Waals surface area contributed by atoms with Gasteiger partial charge in [0.15, 0.2) is 0 Å². The van der Waals surface area contributed by atoms with Gasteiger partial charge in [-0.25, -0.2) is 4.39 Å². The lowest BCUT2D eigenvalue weighted by molar-refractivity contribution is 0.607. The van der Waals surface area contributed by atoms with Gasteiger partial charge in [-0.05, 0) is 43.3 Å². The van der Waals surface area contributed by atoms with Gasteiger partial charge < -0.3 is 5.32 Å². The Morgan fingerprint density at radius 3 is 2.82 bits per heavy atom. The lowest BCUT2D eigenvalue weighted by Crippen LogP contribution is -2.30. The number of hydrogen-bond donors (Lipinski definition) is 1. The summed E-state index contributed by atoms with van der Waals surface area (Å²) in [5, 5.41) is 3.32. The summed E-state index contributed by atoms with van der Waals surface area (Å²) in [7, 11) is 1.98. The van der Waals surface area contributed by atoms with Crippen LogP contribution < -0.4 is 5.32 Å². The Morgan fingerprint density at radius 1 is 1.47 bits per heavy atom. The molecule has 1 atom stereocenters. The van der Waals surface area contributed by atoms with Gasteiger partial charge >= 0.3 is 0 Å². The first-order chi connectivity index (χ1) is 8.17. The predicted octanol–water partition coefficient (Wildman–Crippen LogP) is 3.86. The highest BCUT2D eigenvalue weighted by Crippen LogP contribution is 2.20. The monoisotopic (exact) mass is 319 g/mol. The molecule has 1 aromatic carbocycles. The average molecular weight is 320 g/mol. The first-order valence-corrected chi connectivity index (χ1v) is 7.81. The summed E-state index contributed by atoms with van der Waals surface area (Å²) in [6, 6.07) is 5.34. The van der Waals surface area contributed by atoms with Gasteiger partial charge in [-0.15, -0.1) is 0 Å². The van der Waals surface area contributed by atoms with Gasteiger partial charge in [-0.1, -0.05) is 28.9 Å². The number of rotatable bonds is 7. The van der Waals surface area contributed by atoms with Gasteiger partial charge in [0.05, 0.1) is 0 Å². The number of nitrogens with one attached hydrogen (secondary N) is 1. The minimum Gasteiger partial charge on any atom is -0.316 e. The van der Waals surface area contributed by atoms with Crippen LogP contribution in [0.1, 0.15) is 18.9 Å². The Labute approximate surface area is 116 Å². The first-order valence-electron chi connectivity index (χ1n) is 5.86. The second-order valence-electron chi connectivity index (χ2n) is 4.00. The highest BCUT2D eigenvalue weighted by atomic mass is 79.9. The zero-order valence-corrected chi connectivity index (χ0v) is 12.7. The van der Waals surface area contributed by atoms with E-state index < -0.39 is 0 Å². The first kappa shape index (κ1) is 15.0. The van der Waals surface area contributed by atoms with Gasteiger partial charge in [0.2, 0.25) is 0 Å². The molecule has 0 amide bonds. The smallest absolute Gasteiger partial charge is 0.124 e. The molecule has 17 heavy (non-hydrogen) atoms. The summed E-state index contributed by atoms with van der Waals surface area (Å²) < 4.78 is 13.8. The molecule has 0 saturated carbocycles. The topological polar surface area (TPSA) is 12.0 Å². The second-order valence-corrected chi connectivity index (χ2v) is 6.00. The number of benzene rings is 1. The minimum atomic E-state index is -0.193. The minimum absolute atomic E-state index is 0.193. The molecule has 96 valence electrons. The Kier molecular flexibility index (Phi) is 7.16. The molecular weight excluding hydrogens is 301 g/mol. The van der Waals surface area contributed by atoms with Crippen molar-refractivity contribution < 1.29 is 4.39 Å². The average Bonchev–Trinajstić information content (AvgIpc) is 2.31. The number of likely N-dealkylation sites (N-methyl/N-ethyl adjacent to an activating group) is 1. The van der Waals surface area contributed by atoms with Crippen LogP contribution in [0.25, 0.3) is 0 Å².